The average molecular weight is 313 g/mol. The molecule has 104 valence electrons. The maximum Gasteiger partial charge on any atom is 0.310 e. The molecule has 2 nitrogen and oxygen atoms in total. The summed E-state index contributed by atoms with van der Waals surface area (Å²) in [5, 5.41) is 9.75. The number of halogens is 3. The fourth-order valence-corrected chi connectivity index (χ4v) is 2.41. The highest BCUT2D eigenvalue weighted by atomic mass is 35.5. The van der Waals surface area contributed by atoms with Gasteiger partial charge in [-0.05, 0) is 42.3 Å². The Balaban J connectivity index is 2.46. The molecule has 1 N–H and O–H groups in total. The Morgan fingerprint density at radius 2 is 1.75 bits per heavy atom. The Labute approximate surface area is 125 Å². The van der Waals surface area contributed by atoms with E-state index in [1.54, 1.807) is 24.3 Å². The molecule has 0 spiro atoms. The van der Waals surface area contributed by atoms with Gasteiger partial charge >= 0.3 is 5.97 Å². The molecule has 0 amide bonds. The topological polar surface area (TPSA) is 37.3 Å². The third-order valence-electron chi connectivity index (χ3n) is 3.04. The fraction of sp³-hybridized carbons (Fsp3) is 0.133. The first-order valence-corrected chi connectivity index (χ1v) is 6.63. The molecule has 5 heteroatoms. The molecule has 0 bridgehead atoms. The molecule has 0 aliphatic rings. The molecule has 0 aliphatic carbocycles. The van der Waals surface area contributed by atoms with Crippen LogP contribution in [0.25, 0.3) is 11.1 Å². The predicted octanol–water partition coefficient (Wildman–Crippen LogP) is 4.99. The summed E-state index contributed by atoms with van der Waals surface area (Å²) in [5.74, 6) is -2.27. The van der Waals surface area contributed by atoms with Crippen molar-refractivity contribution in [2.24, 2.45) is 0 Å². The van der Waals surface area contributed by atoms with E-state index < -0.39 is 17.7 Å². The molecule has 0 radical (unpaired) electrons. The Bertz CT molecular complexity index is 651. The number of aliphatic carboxylic acids is 1. The number of carboxylic acids is 1. The molecule has 2 rings (SSSR count). The highest BCUT2D eigenvalue weighted by Gasteiger charge is 2.16. The van der Waals surface area contributed by atoms with Crippen molar-refractivity contribution < 1.29 is 14.3 Å². The van der Waals surface area contributed by atoms with Gasteiger partial charge in [-0.15, -0.1) is 0 Å². The van der Waals surface area contributed by atoms with Gasteiger partial charge in [-0.2, -0.15) is 0 Å². The van der Waals surface area contributed by atoms with Crippen LogP contribution in [0.1, 0.15) is 18.4 Å². The minimum atomic E-state index is -0.997. The normalized spacial score (nSPS) is 12.2. The van der Waals surface area contributed by atoms with Crippen molar-refractivity contribution in [2.75, 3.05) is 0 Å². The van der Waals surface area contributed by atoms with Crippen molar-refractivity contribution in [1.82, 2.24) is 0 Å². The van der Waals surface area contributed by atoms with Gasteiger partial charge in [-0.3, -0.25) is 4.79 Å². The summed E-state index contributed by atoms with van der Waals surface area (Å²) >= 11 is 11.8. The molecule has 0 unspecified atom stereocenters. The van der Waals surface area contributed by atoms with Crippen molar-refractivity contribution in [3.63, 3.8) is 0 Å². The van der Waals surface area contributed by atoms with Crippen LogP contribution < -0.4 is 0 Å². The summed E-state index contributed by atoms with van der Waals surface area (Å²) in [7, 11) is 0. The van der Waals surface area contributed by atoms with Gasteiger partial charge in [0, 0.05) is 15.6 Å². The summed E-state index contributed by atoms with van der Waals surface area (Å²) in [6, 6.07) is 9.12. The quantitative estimate of drug-likeness (QED) is 0.867. The van der Waals surface area contributed by atoms with E-state index in [4.69, 9.17) is 28.3 Å². The Kier molecular flexibility index (Phi) is 4.31. The number of hydrogen-bond donors (Lipinski definition) is 1. The van der Waals surface area contributed by atoms with Gasteiger partial charge in [0.25, 0.3) is 0 Å². The number of rotatable bonds is 3. The van der Waals surface area contributed by atoms with Gasteiger partial charge in [0.15, 0.2) is 0 Å². The van der Waals surface area contributed by atoms with Gasteiger partial charge in [0.05, 0.1) is 5.92 Å². The van der Waals surface area contributed by atoms with Gasteiger partial charge < -0.3 is 5.11 Å². The van der Waals surface area contributed by atoms with E-state index >= 15 is 0 Å². The smallest absolute Gasteiger partial charge is 0.310 e. The van der Waals surface area contributed by atoms with E-state index in [0.29, 0.717) is 26.7 Å². The maximum atomic E-state index is 14.1. The van der Waals surface area contributed by atoms with Crippen LogP contribution in [0.3, 0.4) is 0 Å². The Morgan fingerprint density at radius 3 is 2.25 bits per heavy atom. The molecule has 0 aliphatic heterocycles. The van der Waals surface area contributed by atoms with Crippen LogP contribution in [0.15, 0.2) is 36.4 Å². The van der Waals surface area contributed by atoms with E-state index in [0.717, 1.165) is 0 Å². The van der Waals surface area contributed by atoms with E-state index in [1.165, 1.54) is 19.1 Å². The molecule has 0 fully saturated rings. The monoisotopic (exact) mass is 312 g/mol. The van der Waals surface area contributed by atoms with Crippen LogP contribution in [-0.4, -0.2) is 11.1 Å². The summed E-state index contributed by atoms with van der Waals surface area (Å²) in [5.41, 5.74) is 1.29. The molecule has 20 heavy (non-hydrogen) atoms. The lowest BCUT2D eigenvalue weighted by molar-refractivity contribution is -0.138. The maximum absolute atomic E-state index is 14.1. The first-order chi connectivity index (χ1) is 9.38. The molecule has 0 heterocycles. The zero-order valence-electron chi connectivity index (χ0n) is 10.5. The summed E-state index contributed by atoms with van der Waals surface area (Å²) in [6.07, 6.45) is 0. The lowest BCUT2D eigenvalue weighted by Gasteiger charge is -2.10. The van der Waals surface area contributed by atoms with E-state index in [-0.39, 0.29) is 0 Å². The second-order valence-corrected chi connectivity index (χ2v) is 5.33. The zero-order chi connectivity index (χ0) is 14.9. The minimum Gasteiger partial charge on any atom is -0.481 e. The van der Waals surface area contributed by atoms with E-state index in [2.05, 4.69) is 0 Å². The Hall–Kier alpha value is -1.58. The van der Waals surface area contributed by atoms with Crippen molar-refractivity contribution >= 4 is 29.2 Å². The highest BCUT2D eigenvalue weighted by molar-refractivity contribution is 6.35. The minimum absolute atomic E-state index is 0.329. The standard InChI is InChI=1S/C15H11Cl2FO2/c1-8(15(19)20)9-2-3-13(14(18)6-9)10-4-11(16)7-12(17)5-10/h2-8H,1H3,(H,19,20)/t8-/m1/s1. The van der Waals surface area contributed by atoms with Crippen molar-refractivity contribution in [2.45, 2.75) is 12.8 Å². The number of carboxylic acid groups (broad SMARTS) is 1. The molecular formula is C15H11Cl2FO2. The number of benzene rings is 2. The van der Waals surface area contributed by atoms with E-state index in [1.807, 2.05) is 0 Å². The highest BCUT2D eigenvalue weighted by Crippen LogP contribution is 2.30. The van der Waals surface area contributed by atoms with Crippen LogP contribution in [0.4, 0.5) is 4.39 Å². The molecular weight excluding hydrogens is 302 g/mol. The van der Waals surface area contributed by atoms with Crippen LogP contribution in [-0.2, 0) is 4.79 Å². The number of hydrogen-bond acceptors (Lipinski definition) is 1. The fourth-order valence-electron chi connectivity index (χ4n) is 1.89. The summed E-state index contributed by atoms with van der Waals surface area (Å²) in [4.78, 5) is 10.9. The molecule has 2 aromatic rings. The largest absolute Gasteiger partial charge is 0.481 e. The second-order valence-electron chi connectivity index (χ2n) is 4.46. The van der Waals surface area contributed by atoms with Crippen molar-refractivity contribution in [3.05, 3.63) is 57.8 Å². The third kappa shape index (κ3) is 3.11. The zero-order valence-corrected chi connectivity index (χ0v) is 12.0. The SMILES string of the molecule is C[C@@H](C(=O)O)c1ccc(-c2cc(Cl)cc(Cl)c2)c(F)c1. The van der Waals surface area contributed by atoms with Crippen molar-refractivity contribution in [3.8, 4) is 11.1 Å². The lowest BCUT2D eigenvalue weighted by Crippen LogP contribution is -2.07. The lowest BCUT2D eigenvalue weighted by atomic mass is 9.97. The summed E-state index contributed by atoms with van der Waals surface area (Å²) in [6.45, 7) is 1.51. The predicted molar refractivity (Wildman–Crippen MR) is 77.9 cm³/mol. The first kappa shape index (κ1) is 14.8. The molecule has 2 aromatic carbocycles. The number of carbonyl (C=O) groups is 1. The van der Waals surface area contributed by atoms with Gasteiger partial charge in [-0.25, -0.2) is 4.39 Å². The molecule has 0 aromatic heterocycles. The van der Waals surface area contributed by atoms with Gasteiger partial charge in [-0.1, -0.05) is 35.3 Å². The second kappa shape index (κ2) is 5.81. The average Bonchev–Trinajstić information content (AvgIpc) is 2.36. The van der Waals surface area contributed by atoms with Crippen LogP contribution in [0.5, 0.6) is 0 Å². The molecule has 0 saturated heterocycles. The molecule has 0 saturated carbocycles. The summed E-state index contributed by atoms with van der Waals surface area (Å²) < 4.78 is 14.1. The Morgan fingerprint density at radius 1 is 1.15 bits per heavy atom. The van der Waals surface area contributed by atoms with E-state index in [9.17, 15) is 9.18 Å². The molecule has 1 atom stereocenters. The third-order valence-corrected chi connectivity index (χ3v) is 3.47. The first-order valence-electron chi connectivity index (χ1n) is 5.87. The van der Waals surface area contributed by atoms with Gasteiger partial charge in [0.1, 0.15) is 5.82 Å². The van der Waals surface area contributed by atoms with Gasteiger partial charge in [0.2, 0.25) is 0 Å². The van der Waals surface area contributed by atoms with Crippen LogP contribution in [0.2, 0.25) is 10.0 Å². The van der Waals surface area contributed by atoms with Crippen molar-refractivity contribution in [1.29, 1.82) is 0 Å². The van der Waals surface area contributed by atoms with Crippen LogP contribution in [0, 0.1) is 5.82 Å². The van der Waals surface area contributed by atoms with Crippen LogP contribution >= 0.6 is 23.2 Å².